The largest absolute Gasteiger partial charge is 0.341 e. The molecule has 1 atom stereocenters. The van der Waals surface area contributed by atoms with E-state index in [0.717, 1.165) is 57.8 Å². The number of piperazine rings is 1. The Morgan fingerprint density at radius 1 is 1.15 bits per heavy atom. The standard InChI is InChI=1S/C15H22N4O/c20-15(19-9-3-4-10-19)14(13-5-1-2-6-17-13)18-11-7-16-8-12-18/h1-2,5-6,14,16H,3-4,7-12H2. The maximum atomic E-state index is 12.9. The molecule has 0 bridgehead atoms. The summed E-state index contributed by atoms with van der Waals surface area (Å²) >= 11 is 0. The van der Waals surface area contributed by atoms with Gasteiger partial charge in [0.2, 0.25) is 5.91 Å². The average molecular weight is 274 g/mol. The molecule has 1 aromatic rings. The van der Waals surface area contributed by atoms with E-state index in [9.17, 15) is 4.79 Å². The molecule has 0 saturated carbocycles. The highest BCUT2D eigenvalue weighted by Gasteiger charge is 2.33. The SMILES string of the molecule is O=C(C(c1ccccn1)N1CCNCC1)N1CCCC1. The summed E-state index contributed by atoms with van der Waals surface area (Å²) < 4.78 is 0. The summed E-state index contributed by atoms with van der Waals surface area (Å²) in [4.78, 5) is 21.6. The smallest absolute Gasteiger partial charge is 0.246 e. The predicted molar refractivity (Wildman–Crippen MR) is 77.2 cm³/mol. The Morgan fingerprint density at radius 3 is 2.55 bits per heavy atom. The number of likely N-dealkylation sites (tertiary alicyclic amines) is 1. The Bertz CT molecular complexity index is 438. The lowest BCUT2D eigenvalue weighted by atomic mass is 10.1. The van der Waals surface area contributed by atoms with Gasteiger partial charge >= 0.3 is 0 Å². The van der Waals surface area contributed by atoms with E-state index in [1.807, 2.05) is 23.1 Å². The van der Waals surface area contributed by atoms with Gasteiger partial charge in [0.05, 0.1) is 5.69 Å². The van der Waals surface area contributed by atoms with Gasteiger partial charge in [-0.2, -0.15) is 0 Å². The Balaban J connectivity index is 1.84. The molecule has 5 heteroatoms. The Kier molecular flexibility index (Phi) is 4.28. The van der Waals surface area contributed by atoms with Crippen molar-refractivity contribution in [2.45, 2.75) is 18.9 Å². The van der Waals surface area contributed by atoms with Crippen molar-refractivity contribution in [3.8, 4) is 0 Å². The van der Waals surface area contributed by atoms with Crippen molar-refractivity contribution >= 4 is 5.91 Å². The van der Waals surface area contributed by atoms with E-state index in [1.165, 1.54) is 0 Å². The van der Waals surface area contributed by atoms with Crippen LogP contribution in [0.2, 0.25) is 0 Å². The van der Waals surface area contributed by atoms with Crippen molar-refractivity contribution in [2.24, 2.45) is 0 Å². The van der Waals surface area contributed by atoms with E-state index >= 15 is 0 Å². The highest BCUT2D eigenvalue weighted by atomic mass is 16.2. The second-order valence-electron chi connectivity index (χ2n) is 5.48. The molecular formula is C15H22N4O. The van der Waals surface area contributed by atoms with Crippen LogP contribution in [0.25, 0.3) is 0 Å². The molecule has 1 aromatic heterocycles. The van der Waals surface area contributed by atoms with Crippen LogP contribution in [0.1, 0.15) is 24.6 Å². The molecule has 1 unspecified atom stereocenters. The van der Waals surface area contributed by atoms with E-state index < -0.39 is 0 Å². The summed E-state index contributed by atoms with van der Waals surface area (Å²) in [5, 5.41) is 3.34. The van der Waals surface area contributed by atoms with Gasteiger partial charge in [-0.15, -0.1) is 0 Å². The first-order valence-electron chi connectivity index (χ1n) is 7.51. The fourth-order valence-electron chi connectivity index (χ4n) is 3.06. The van der Waals surface area contributed by atoms with Crippen molar-refractivity contribution in [3.05, 3.63) is 30.1 Å². The summed E-state index contributed by atoms with van der Waals surface area (Å²) in [5.41, 5.74) is 0.881. The second kappa shape index (κ2) is 6.33. The zero-order valence-corrected chi connectivity index (χ0v) is 11.8. The van der Waals surface area contributed by atoms with Crippen molar-refractivity contribution in [1.82, 2.24) is 20.1 Å². The number of nitrogens with one attached hydrogen (secondary N) is 1. The summed E-state index contributed by atoms with van der Waals surface area (Å²) in [6, 6.07) is 5.63. The van der Waals surface area contributed by atoms with Gasteiger partial charge in [0, 0.05) is 45.5 Å². The van der Waals surface area contributed by atoms with E-state index in [-0.39, 0.29) is 11.9 Å². The average Bonchev–Trinajstić information content (AvgIpc) is 3.04. The third-order valence-corrected chi connectivity index (χ3v) is 4.14. The van der Waals surface area contributed by atoms with E-state index in [1.54, 1.807) is 6.20 Å². The number of nitrogens with zero attached hydrogens (tertiary/aromatic N) is 3. The minimum atomic E-state index is -0.212. The highest BCUT2D eigenvalue weighted by Crippen LogP contribution is 2.24. The van der Waals surface area contributed by atoms with E-state index in [4.69, 9.17) is 0 Å². The molecular weight excluding hydrogens is 252 g/mol. The molecule has 3 heterocycles. The highest BCUT2D eigenvalue weighted by molar-refractivity contribution is 5.83. The van der Waals surface area contributed by atoms with Crippen LogP contribution in [0.4, 0.5) is 0 Å². The summed E-state index contributed by atoms with van der Waals surface area (Å²) in [7, 11) is 0. The van der Waals surface area contributed by atoms with E-state index in [0.29, 0.717) is 0 Å². The minimum Gasteiger partial charge on any atom is -0.341 e. The van der Waals surface area contributed by atoms with Crippen LogP contribution in [0.15, 0.2) is 24.4 Å². The molecule has 2 saturated heterocycles. The van der Waals surface area contributed by atoms with Crippen LogP contribution in [0.5, 0.6) is 0 Å². The van der Waals surface area contributed by atoms with Crippen LogP contribution < -0.4 is 5.32 Å². The van der Waals surface area contributed by atoms with Crippen LogP contribution >= 0.6 is 0 Å². The van der Waals surface area contributed by atoms with Crippen molar-refractivity contribution in [2.75, 3.05) is 39.3 Å². The number of carbonyl (C=O) groups is 1. The lowest BCUT2D eigenvalue weighted by Gasteiger charge is -2.35. The molecule has 3 rings (SSSR count). The van der Waals surface area contributed by atoms with Gasteiger partial charge in [-0.05, 0) is 25.0 Å². The quantitative estimate of drug-likeness (QED) is 0.879. The van der Waals surface area contributed by atoms with Gasteiger partial charge in [0.15, 0.2) is 0 Å². The number of rotatable bonds is 3. The molecule has 20 heavy (non-hydrogen) atoms. The first-order chi connectivity index (χ1) is 9.86. The number of aromatic nitrogens is 1. The fraction of sp³-hybridized carbons (Fsp3) is 0.600. The van der Waals surface area contributed by atoms with E-state index in [2.05, 4.69) is 15.2 Å². The molecule has 0 spiro atoms. The monoisotopic (exact) mass is 274 g/mol. The zero-order valence-electron chi connectivity index (χ0n) is 11.8. The van der Waals surface area contributed by atoms with Crippen molar-refractivity contribution < 1.29 is 4.79 Å². The first kappa shape index (κ1) is 13.5. The van der Waals surface area contributed by atoms with Crippen LogP contribution in [0.3, 0.4) is 0 Å². The van der Waals surface area contributed by atoms with Gasteiger partial charge < -0.3 is 10.2 Å². The molecule has 2 fully saturated rings. The Morgan fingerprint density at radius 2 is 1.90 bits per heavy atom. The number of carbonyl (C=O) groups excluding carboxylic acids is 1. The molecule has 2 aliphatic rings. The summed E-state index contributed by atoms with van der Waals surface area (Å²) in [6.07, 6.45) is 4.03. The lowest BCUT2D eigenvalue weighted by Crippen LogP contribution is -2.50. The molecule has 1 amide bonds. The van der Waals surface area contributed by atoms with Crippen LogP contribution in [-0.4, -0.2) is 60.0 Å². The molecule has 108 valence electrons. The molecule has 0 aromatic carbocycles. The second-order valence-corrected chi connectivity index (χ2v) is 5.48. The maximum Gasteiger partial charge on any atom is 0.246 e. The van der Waals surface area contributed by atoms with Gasteiger partial charge in [-0.3, -0.25) is 14.7 Å². The number of pyridine rings is 1. The molecule has 1 N–H and O–H groups in total. The van der Waals surface area contributed by atoms with Crippen LogP contribution in [-0.2, 0) is 4.79 Å². The van der Waals surface area contributed by atoms with Crippen molar-refractivity contribution in [3.63, 3.8) is 0 Å². The summed E-state index contributed by atoms with van der Waals surface area (Å²) in [6.45, 7) is 5.48. The van der Waals surface area contributed by atoms with Gasteiger partial charge in [-0.1, -0.05) is 6.07 Å². The Hall–Kier alpha value is -1.46. The number of amides is 1. The molecule has 5 nitrogen and oxygen atoms in total. The van der Waals surface area contributed by atoms with Crippen molar-refractivity contribution in [1.29, 1.82) is 0 Å². The molecule has 2 aliphatic heterocycles. The van der Waals surface area contributed by atoms with Gasteiger partial charge in [0.1, 0.15) is 6.04 Å². The fourth-order valence-corrected chi connectivity index (χ4v) is 3.06. The number of hydrogen-bond acceptors (Lipinski definition) is 4. The summed E-state index contributed by atoms with van der Waals surface area (Å²) in [5.74, 6) is 0.225. The lowest BCUT2D eigenvalue weighted by molar-refractivity contribution is -0.136. The first-order valence-corrected chi connectivity index (χ1v) is 7.51. The predicted octanol–water partition coefficient (Wildman–Crippen LogP) is 0.650. The topological polar surface area (TPSA) is 48.5 Å². The minimum absolute atomic E-state index is 0.212. The third kappa shape index (κ3) is 2.83. The van der Waals surface area contributed by atoms with Crippen LogP contribution in [0, 0.1) is 0 Å². The maximum absolute atomic E-state index is 12.9. The third-order valence-electron chi connectivity index (χ3n) is 4.14. The zero-order chi connectivity index (χ0) is 13.8. The molecule has 0 aliphatic carbocycles. The number of hydrogen-bond donors (Lipinski definition) is 1. The van der Waals surface area contributed by atoms with Gasteiger partial charge in [0.25, 0.3) is 0 Å². The normalized spacial score (nSPS) is 21.9. The Labute approximate surface area is 120 Å². The van der Waals surface area contributed by atoms with Gasteiger partial charge in [-0.25, -0.2) is 0 Å². The molecule has 0 radical (unpaired) electrons.